The van der Waals surface area contributed by atoms with E-state index < -0.39 is 0 Å². The Kier molecular flexibility index (Phi) is 6.51. The highest BCUT2D eigenvalue weighted by Crippen LogP contribution is 1.92. The fraction of sp³-hybridized carbons (Fsp3) is 0.750. The summed E-state index contributed by atoms with van der Waals surface area (Å²) in [5, 5.41) is 8.31. The number of hydrogen-bond donors (Lipinski definition) is 1. The summed E-state index contributed by atoms with van der Waals surface area (Å²) in [6.45, 7) is 1.53. The van der Waals surface area contributed by atoms with E-state index in [9.17, 15) is 9.59 Å². The van der Waals surface area contributed by atoms with Gasteiger partial charge in [-0.15, -0.1) is 0 Å². The third-order valence-corrected chi connectivity index (χ3v) is 1.25. The van der Waals surface area contributed by atoms with Gasteiger partial charge < -0.3 is 14.6 Å². The first-order valence-electron chi connectivity index (χ1n) is 3.86. The van der Waals surface area contributed by atoms with Crippen molar-refractivity contribution < 1.29 is 19.4 Å². The molecule has 0 rings (SSSR count). The van der Waals surface area contributed by atoms with Crippen LogP contribution in [0.4, 0.5) is 0 Å². The molecule has 1 N–H and O–H groups in total. The van der Waals surface area contributed by atoms with Gasteiger partial charge in [0, 0.05) is 12.8 Å². The number of aliphatic hydroxyl groups excluding tert-OH is 1. The highest BCUT2D eigenvalue weighted by atomic mass is 16.5. The fourth-order valence-electron chi connectivity index (χ4n) is 0.638. The summed E-state index contributed by atoms with van der Waals surface area (Å²) >= 11 is 0. The molecule has 0 amide bonds. The van der Waals surface area contributed by atoms with Crippen LogP contribution in [0.25, 0.3) is 0 Å². The first kappa shape index (κ1) is 11.3. The smallest absolute Gasteiger partial charge is 0.158 e. The number of hydrogen-bond acceptors (Lipinski definition) is 4. The van der Waals surface area contributed by atoms with E-state index >= 15 is 0 Å². The molecule has 0 heterocycles. The molecule has 4 heteroatoms. The first-order chi connectivity index (χ1) is 5.66. The number of ketones is 2. The van der Waals surface area contributed by atoms with E-state index in [0.29, 0.717) is 0 Å². The summed E-state index contributed by atoms with van der Waals surface area (Å²) in [5.41, 5.74) is 0. The standard InChI is InChI=1S/C8H14O4/c1-7(10)2-3-8(11)6-12-5-4-9/h9H,2-6H2,1H3. The van der Waals surface area contributed by atoms with Crippen LogP contribution in [0, 0.1) is 0 Å². The van der Waals surface area contributed by atoms with E-state index in [-0.39, 0.29) is 44.2 Å². The quantitative estimate of drug-likeness (QED) is 0.549. The molecule has 0 aromatic carbocycles. The molecule has 0 aromatic heterocycles. The molecule has 0 unspecified atom stereocenters. The van der Waals surface area contributed by atoms with Crippen LogP contribution in [0.2, 0.25) is 0 Å². The minimum atomic E-state index is -0.0985. The molecule has 0 saturated carbocycles. The van der Waals surface area contributed by atoms with Crippen LogP contribution >= 0.6 is 0 Å². The van der Waals surface area contributed by atoms with Crippen molar-refractivity contribution in [2.45, 2.75) is 19.8 Å². The van der Waals surface area contributed by atoms with Gasteiger partial charge >= 0.3 is 0 Å². The highest BCUT2D eigenvalue weighted by molar-refractivity contribution is 5.85. The lowest BCUT2D eigenvalue weighted by Gasteiger charge is -1.99. The summed E-state index contributed by atoms with van der Waals surface area (Å²) in [7, 11) is 0. The molecule has 0 aliphatic heterocycles. The lowest BCUT2D eigenvalue weighted by molar-refractivity contribution is -0.126. The van der Waals surface area contributed by atoms with Crippen molar-refractivity contribution in [1.29, 1.82) is 0 Å². The molecule has 0 atom stereocenters. The Bertz CT molecular complexity index is 153. The highest BCUT2D eigenvalue weighted by Gasteiger charge is 2.03. The van der Waals surface area contributed by atoms with E-state index in [1.54, 1.807) is 0 Å². The maximum absolute atomic E-state index is 10.9. The molecule has 0 saturated heterocycles. The SMILES string of the molecule is CC(=O)CCC(=O)COCCO. The Morgan fingerprint density at radius 2 is 2.00 bits per heavy atom. The number of aliphatic hydroxyl groups is 1. The molecule has 0 radical (unpaired) electrons. The predicted molar refractivity (Wildman–Crippen MR) is 42.8 cm³/mol. The summed E-state index contributed by atoms with van der Waals surface area (Å²) in [6.07, 6.45) is 0.516. The second-order valence-corrected chi connectivity index (χ2v) is 2.52. The predicted octanol–water partition coefficient (Wildman–Crippen LogP) is -0.0664. The van der Waals surface area contributed by atoms with Crippen LogP contribution in [-0.4, -0.2) is 36.5 Å². The molecule has 12 heavy (non-hydrogen) atoms. The maximum Gasteiger partial charge on any atom is 0.158 e. The molecule has 0 aromatic rings. The van der Waals surface area contributed by atoms with Crippen LogP contribution in [0.1, 0.15) is 19.8 Å². The van der Waals surface area contributed by atoms with Gasteiger partial charge in [0.15, 0.2) is 5.78 Å². The molecular formula is C8H14O4. The van der Waals surface area contributed by atoms with Crippen molar-refractivity contribution in [2.75, 3.05) is 19.8 Å². The largest absolute Gasteiger partial charge is 0.394 e. The Balaban J connectivity index is 3.28. The number of carbonyl (C=O) groups excluding carboxylic acids is 2. The second-order valence-electron chi connectivity index (χ2n) is 2.52. The third kappa shape index (κ3) is 7.37. The molecule has 0 spiro atoms. The van der Waals surface area contributed by atoms with Crippen LogP contribution in [0.3, 0.4) is 0 Å². The zero-order valence-electron chi connectivity index (χ0n) is 7.21. The molecule has 0 bridgehead atoms. The van der Waals surface area contributed by atoms with E-state index in [1.165, 1.54) is 6.92 Å². The van der Waals surface area contributed by atoms with Gasteiger partial charge in [0.25, 0.3) is 0 Å². The minimum Gasteiger partial charge on any atom is -0.394 e. The average Bonchev–Trinajstić information content (AvgIpc) is 2.01. The van der Waals surface area contributed by atoms with Gasteiger partial charge in [-0.2, -0.15) is 0 Å². The number of carbonyl (C=O) groups is 2. The molecule has 70 valence electrons. The summed E-state index contributed by atoms with van der Waals surface area (Å²) in [5.74, 6) is -0.0934. The Morgan fingerprint density at radius 3 is 2.50 bits per heavy atom. The Morgan fingerprint density at radius 1 is 1.33 bits per heavy atom. The maximum atomic E-state index is 10.9. The molecule has 0 aliphatic rings. The van der Waals surface area contributed by atoms with Gasteiger partial charge in [0.05, 0.1) is 13.2 Å². The van der Waals surface area contributed by atoms with Gasteiger partial charge in [-0.1, -0.05) is 0 Å². The lowest BCUT2D eigenvalue weighted by atomic mass is 10.2. The van der Waals surface area contributed by atoms with Gasteiger partial charge in [-0.3, -0.25) is 4.79 Å². The van der Waals surface area contributed by atoms with Crippen molar-refractivity contribution in [3.05, 3.63) is 0 Å². The average molecular weight is 174 g/mol. The number of rotatable bonds is 7. The summed E-state index contributed by atoms with van der Waals surface area (Å²) in [4.78, 5) is 21.3. The zero-order valence-corrected chi connectivity index (χ0v) is 7.21. The molecule has 0 aliphatic carbocycles. The zero-order chi connectivity index (χ0) is 9.40. The fourth-order valence-corrected chi connectivity index (χ4v) is 0.638. The summed E-state index contributed by atoms with van der Waals surface area (Å²) < 4.78 is 4.77. The van der Waals surface area contributed by atoms with E-state index in [1.807, 2.05) is 0 Å². The van der Waals surface area contributed by atoms with Crippen LogP contribution in [0.15, 0.2) is 0 Å². The van der Waals surface area contributed by atoms with E-state index in [0.717, 1.165) is 0 Å². The Hall–Kier alpha value is -0.740. The third-order valence-electron chi connectivity index (χ3n) is 1.25. The van der Waals surface area contributed by atoms with Crippen molar-refractivity contribution in [3.63, 3.8) is 0 Å². The monoisotopic (exact) mass is 174 g/mol. The van der Waals surface area contributed by atoms with Crippen molar-refractivity contribution >= 4 is 11.6 Å². The van der Waals surface area contributed by atoms with Gasteiger partial charge in [0.1, 0.15) is 12.4 Å². The molecule has 4 nitrogen and oxygen atoms in total. The van der Waals surface area contributed by atoms with Crippen LogP contribution < -0.4 is 0 Å². The van der Waals surface area contributed by atoms with Gasteiger partial charge in [0.2, 0.25) is 0 Å². The lowest BCUT2D eigenvalue weighted by Crippen LogP contribution is -2.11. The minimum absolute atomic E-state index is 0.00510. The van der Waals surface area contributed by atoms with Crippen molar-refractivity contribution in [3.8, 4) is 0 Å². The topological polar surface area (TPSA) is 63.6 Å². The molecular weight excluding hydrogens is 160 g/mol. The van der Waals surface area contributed by atoms with Gasteiger partial charge in [-0.05, 0) is 6.92 Å². The number of ether oxygens (including phenoxy) is 1. The normalized spacial score (nSPS) is 9.83. The van der Waals surface area contributed by atoms with E-state index in [4.69, 9.17) is 9.84 Å². The van der Waals surface area contributed by atoms with E-state index in [2.05, 4.69) is 0 Å². The number of Topliss-reactive ketones (excluding diaryl/α,β-unsaturated/α-hetero) is 2. The second kappa shape index (κ2) is 6.94. The van der Waals surface area contributed by atoms with Gasteiger partial charge in [-0.25, -0.2) is 0 Å². The first-order valence-corrected chi connectivity index (χ1v) is 3.86. The molecule has 0 fully saturated rings. The van der Waals surface area contributed by atoms with Crippen LogP contribution in [0.5, 0.6) is 0 Å². The Labute approximate surface area is 71.5 Å². The van der Waals surface area contributed by atoms with Crippen molar-refractivity contribution in [2.24, 2.45) is 0 Å². The summed E-state index contributed by atoms with van der Waals surface area (Å²) in [6, 6.07) is 0. The van der Waals surface area contributed by atoms with Crippen molar-refractivity contribution in [1.82, 2.24) is 0 Å². The van der Waals surface area contributed by atoms with Crippen LogP contribution in [-0.2, 0) is 14.3 Å².